The summed E-state index contributed by atoms with van der Waals surface area (Å²) in [5.41, 5.74) is 1.35. The highest BCUT2D eigenvalue weighted by molar-refractivity contribution is 7.39. The van der Waals surface area contributed by atoms with Crippen LogP contribution in [-0.4, -0.2) is 31.3 Å². The number of fused-ring (bicyclic) bond motifs is 4. The Labute approximate surface area is 324 Å². The monoisotopic (exact) mass is 777 g/mol. The quantitative estimate of drug-likeness (QED) is 0.0509. The highest BCUT2D eigenvalue weighted by Crippen LogP contribution is 2.49. The van der Waals surface area contributed by atoms with Gasteiger partial charge in [0.2, 0.25) is 0 Å². The van der Waals surface area contributed by atoms with Crippen molar-refractivity contribution in [2.75, 3.05) is 6.54 Å². The van der Waals surface area contributed by atoms with Crippen LogP contribution in [0.4, 0.5) is 0 Å². The average Bonchev–Trinajstić information content (AvgIpc) is 3.97. The van der Waals surface area contributed by atoms with Crippen molar-refractivity contribution in [1.29, 1.82) is 0 Å². The molecule has 0 saturated heterocycles. The summed E-state index contributed by atoms with van der Waals surface area (Å²) < 4.78 is 1.63. The lowest BCUT2D eigenvalue weighted by Gasteiger charge is -2.32. The molecule has 276 valence electrons. The first-order valence-corrected chi connectivity index (χ1v) is 25.5. The molecule has 2 aliphatic heterocycles. The van der Waals surface area contributed by atoms with E-state index >= 15 is 0 Å². The van der Waals surface area contributed by atoms with Crippen molar-refractivity contribution in [3.8, 4) is 19.5 Å². The van der Waals surface area contributed by atoms with Crippen LogP contribution in [0.1, 0.15) is 153 Å². The van der Waals surface area contributed by atoms with Crippen molar-refractivity contribution in [3.05, 3.63) is 50.0 Å². The number of amides is 2. The Morgan fingerprint density at radius 3 is 2.02 bits per heavy atom. The molecule has 3 unspecified atom stereocenters. The molecule has 3 nitrogen and oxygen atoms in total. The summed E-state index contributed by atoms with van der Waals surface area (Å²) in [6.45, 7) is 16.3. The van der Waals surface area contributed by atoms with E-state index in [1.54, 1.807) is 36.0 Å². The number of nitrogens with zero attached hydrogens (tertiary/aromatic N) is 1. The van der Waals surface area contributed by atoms with Gasteiger partial charge in [-0.3, -0.25) is 14.5 Å². The molecule has 0 aromatic carbocycles. The molecule has 4 aromatic rings. The van der Waals surface area contributed by atoms with Gasteiger partial charge in [0, 0.05) is 40.3 Å². The van der Waals surface area contributed by atoms with Gasteiger partial charge in [-0.15, -0.1) is 45.3 Å². The standard InChI is InChI=1S/C43H59NO2S4Si/c1-8-13-16-17-18-21-32-22-23-36(49-32)51(27-31(12-5)20-15-10-3)34-24-28(6)47-40(34)41-35(51)25-33(50-41)39-38-37(29(7)48-39)42(45)44(43(38)46)26-30(11-4)19-14-9-2/h22-25,30-31H,8-21,26-27H2,1-7H3. The molecule has 6 rings (SSSR count). The zero-order valence-electron chi connectivity index (χ0n) is 32.2. The van der Waals surface area contributed by atoms with E-state index in [9.17, 15) is 9.59 Å². The number of hydrogen-bond donors (Lipinski definition) is 0. The molecule has 0 fully saturated rings. The molecule has 8 heteroatoms. The van der Waals surface area contributed by atoms with Crippen LogP contribution in [0.25, 0.3) is 19.5 Å². The van der Waals surface area contributed by atoms with Gasteiger partial charge in [-0.1, -0.05) is 111 Å². The first-order valence-electron chi connectivity index (χ1n) is 20.1. The number of carbonyl (C=O) groups is 2. The third-order valence-electron chi connectivity index (χ3n) is 11.7. The van der Waals surface area contributed by atoms with Crippen molar-refractivity contribution >= 4 is 80.1 Å². The lowest BCUT2D eigenvalue weighted by atomic mass is 9.99. The molecule has 0 N–H and O–H groups in total. The second-order valence-electron chi connectivity index (χ2n) is 15.3. The van der Waals surface area contributed by atoms with Gasteiger partial charge in [0.1, 0.15) is 0 Å². The molecular weight excluding hydrogens is 719 g/mol. The molecule has 0 saturated carbocycles. The summed E-state index contributed by atoms with van der Waals surface area (Å²) in [6.07, 6.45) is 17.1. The van der Waals surface area contributed by atoms with Gasteiger partial charge < -0.3 is 0 Å². The third-order valence-corrected chi connectivity index (χ3v) is 22.8. The number of unbranched alkanes of at least 4 members (excludes halogenated alkanes) is 6. The van der Waals surface area contributed by atoms with Crippen LogP contribution in [0.3, 0.4) is 0 Å². The van der Waals surface area contributed by atoms with E-state index in [1.165, 1.54) is 89.8 Å². The molecule has 2 amide bonds. The van der Waals surface area contributed by atoms with Crippen LogP contribution in [0.15, 0.2) is 24.3 Å². The van der Waals surface area contributed by atoms with Crippen LogP contribution in [0, 0.1) is 25.7 Å². The number of aryl methyl sites for hydroxylation is 3. The Balaban J connectivity index is 1.43. The maximum Gasteiger partial charge on any atom is 0.263 e. The fourth-order valence-electron chi connectivity index (χ4n) is 8.62. The molecule has 2 aliphatic rings. The summed E-state index contributed by atoms with van der Waals surface area (Å²) in [5, 5.41) is 3.22. The Morgan fingerprint density at radius 2 is 1.31 bits per heavy atom. The van der Waals surface area contributed by atoms with E-state index in [0.29, 0.717) is 29.5 Å². The molecule has 3 atom stereocenters. The lowest BCUT2D eigenvalue weighted by Crippen LogP contribution is -2.64. The van der Waals surface area contributed by atoms with E-state index < -0.39 is 8.07 Å². The summed E-state index contributed by atoms with van der Waals surface area (Å²) in [4.78, 5) is 38.8. The predicted octanol–water partition coefficient (Wildman–Crippen LogP) is 12.2. The first kappa shape index (κ1) is 38.9. The predicted molar refractivity (Wildman–Crippen MR) is 229 cm³/mol. The minimum absolute atomic E-state index is 0.0681. The number of hydrogen-bond acceptors (Lipinski definition) is 6. The maximum atomic E-state index is 14.2. The Kier molecular flexibility index (Phi) is 13.0. The Bertz CT molecular complexity index is 1830. The number of carbonyl (C=O) groups excluding carboxylic acids is 2. The topological polar surface area (TPSA) is 37.4 Å². The minimum atomic E-state index is -2.34. The van der Waals surface area contributed by atoms with E-state index in [-0.39, 0.29) is 11.8 Å². The smallest absolute Gasteiger partial charge is 0.263 e. The second kappa shape index (κ2) is 17.1. The van der Waals surface area contributed by atoms with E-state index in [1.807, 2.05) is 29.6 Å². The molecule has 51 heavy (non-hydrogen) atoms. The molecule has 0 radical (unpaired) electrons. The largest absolute Gasteiger partial charge is 0.274 e. The van der Waals surface area contributed by atoms with Crippen LogP contribution < -0.4 is 14.9 Å². The van der Waals surface area contributed by atoms with Crippen molar-refractivity contribution in [2.24, 2.45) is 11.8 Å². The molecular formula is C43H59NO2S4Si. The van der Waals surface area contributed by atoms with E-state index in [0.717, 1.165) is 35.4 Å². The highest BCUT2D eigenvalue weighted by Gasteiger charge is 2.52. The minimum Gasteiger partial charge on any atom is -0.274 e. The van der Waals surface area contributed by atoms with Crippen LogP contribution in [-0.2, 0) is 6.42 Å². The van der Waals surface area contributed by atoms with Gasteiger partial charge >= 0.3 is 0 Å². The fourth-order valence-corrected chi connectivity index (χ4v) is 21.6. The third kappa shape index (κ3) is 7.47. The van der Waals surface area contributed by atoms with Gasteiger partial charge in [0.25, 0.3) is 11.8 Å². The lowest BCUT2D eigenvalue weighted by molar-refractivity contribution is 0.0624. The highest BCUT2D eigenvalue weighted by atomic mass is 32.1. The number of thiophene rings is 4. The van der Waals surface area contributed by atoms with Gasteiger partial charge in [-0.05, 0) is 79.6 Å². The van der Waals surface area contributed by atoms with Gasteiger partial charge in [-0.2, -0.15) is 0 Å². The van der Waals surface area contributed by atoms with Crippen LogP contribution in [0.2, 0.25) is 6.04 Å². The zero-order valence-corrected chi connectivity index (χ0v) is 36.4. The molecule has 6 heterocycles. The Morgan fingerprint density at radius 1 is 0.667 bits per heavy atom. The maximum absolute atomic E-state index is 14.2. The SMILES string of the molecule is CCCCCCCc1ccc([Si]2(CC(CC)CCCC)c3cc(C)sc3-c3sc(-c4sc(C)c5c4C(=O)N(CC(CC)CCCC)C5=O)cc32)s1. The van der Waals surface area contributed by atoms with Crippen molar-refractivity contribution in [2.45, 2.75) is 144 Å². The van der Waals surface area contributed by atoms with Crippen molar-refractivity contribution in [3.63, 3.8) is 0 Å². The molecule has 0 bridgehead atoms. The van der Waals surface area contributed by atoms with Crippen molar-refractivity contribution in [1.82, 2.24) is 4.90 Å². The summed E-state index contributed by atoms with van der Waals surface area (Å²) >= 11 is 7.66. The van der Waals surface area contributed by atoms with E-state index in [2.05, 4.69) is 77.1 Å². The summed E-state index contributed by atoms with van der Waals surface area (Å²) in [5.74, 6) is 0.912. The number of rotatable bonds is 20. The van der Waals surface area contributed by atoms with Gasteiger partial charge in [-0.25, -0.2) is 0 Å². The van der Waals surface area contributed by atoms with Crippen LogP contribution >= 0.6 is 45.3 Å². The first-order chi connectivity index (χ1) is 24.7. The van der Waals surface area contributed by atoms with Gasteiger partial charge in [0.15, 0.2) is 8.07 Å². The zero-order chi connectivity index (χ0) is 36.3. The van der Waals surface area contributed by atoms with Crippen molar-refractivity contribution < 1.29 is 9.59 Å². The average molecular weight is 778 g/mol. The van der Waals surface area contributed by atoms with Crippen LogP contribution in [0.5, 0.6) is 0 Å². The normalized spacial score (nSPS) is 17.7. The molecule has 0 aliphatic carbocycles. The summed E-state index contributed by atoms with van der Waals surface area (Å²) in [7, 11) is -2.34. The Hall–Kier alpha value is -1.84. The number of imide groups is 1. The molecule has 4 aromatic heterocycles. The fraction of sp³-hybridized carbons (Fsp3) is 0.581. The van der Waals surface area contributed by atoms with E-state index in [4.69, 9.17) is 0 Å². The molecule has 0 spiro atoms. The van der Waals surface area contributed by atoms with Gasteiger partial charge in [0.05, 0.1) is 16.0 Å². The summed E-state index contributed by atoms with van der Waals surface area (Å²) in [6, 6.07) is 11.3. The second-order valence-corrected chi connectivity index (χ2v) is 24.2.